The fourth-order valence-corrected chi connectivity index (χ4v) is 2.54. The van der Waals surface area contributed by atoms with Gasteiger partial charge in [-0.15, -0.1) is 21.5 Å². The molecule has 0 fully saturated rings. The number of aromatic nitrogens is 2. The van der Waals surface area contributed by atoms with Gasteiger partial charge in [0.25, 0.3) is 5.22 Å². The number of hydrogen-bond donors (Lipinski definition) is 1. The molecular weight excluding hydrogens is 316 g/mol. The molecule has 0 aliphatic carbocycles. The Bertz CT molecular complexity index is 511. The number of thiophene rings is 1. The molecule has 0 radical (unpaired) electrons. The Labute approximate surface area is 107 Å². The number of carbonyl (C=O) groups is 1. The summed E-state index contributed by atoms with van der Waals surface area (Å²) in [5.41, 5.74) is 0.826. The van der Waals surface area contributed by atoms with Crippen molar-refractivity contribution in [2.24, 2.45) is 0 Å². The van der Waals surface area contributed by atoms with Gasteiger partial charge in [0, 0.05) is 5.38 Å². The van der Waals surface area contributed by atoms with Crippen LogP contribution >= 0.6 is 39.0 Å². The lowest BCUT2D eigenvalue weighted by Crippen LogP contribution is -1.97. The summed E-state index contributed by atoms with van der Waals surface area (Å²) in [5.74, 6) is -0.604. The van der Waals surface area contributed by atoms with Crippen LogP contribution in [0.25, 0.3) is 11.5 Å². The molecule has 0 unspecified atom stereocenters. The minimum Gasteiger partial charge on any atom is -0.481 e. The SMILES string of the molecule is O=C(O)CSc1nnc(-c2csc(Br)c2)o1. The van der Waals surface area contributed by atoms with Gasteiger partial charge in [-0.05, 0) is 22.0 Å². The first kappa shape index (κ1) is 11.6. The van der Waals surface area contributed by atoms with E-state index in [1.54, 1.807) is 0 Å². The highest BCUT2D eigenvalue weighted by Gasteiger charge is 2.11. The zero-order valence-electron chi connectivity index (χ0n) is 7.71. The van der Waals surface area contributed by atoms with Gasteiger partial charge >= 0.3 is 5.97 Å². The van der Waals surface area contributed by atoms with Gasteiger partial charge in [0.2, 0.25) is 5.89 Å². The van der Waals surface area contributed by atoms with Gasteiger partial charge in [-0.3, -0.25) is 4.79 Å². The van der Waals surface area contributed by atoms with Crippen LogP contribution in [0.4, 0.5) is 0 Å². The number of nitrogens with zero attached hydrogens (tertiary/aromatic N) is 2. The molecule has 0 atom stereocenters. The molecule has 8 heteroatoms. The lowest BCUT2D eigenvalue weighted by molar-refractivity contribution is -0.133. The number of hydrogen-bond acceptors (Lipinski definition) is 6. The van der Waals surface area contributed by atoms with Crippen molar-refractivity contribution in [1.82, 2.24) is 10.2 Å². The largest absolute Gasteiger partial charge is 0.481 e. The van der Waals surface area contributed by atoms with Crippen molar-refractivity contribution in [2.45, 2.75) is 5.22 Å². The molecule has 0 bridgehead atoms. The number of rotatable bonds is 4. The highest BCUT2D eigenvalue weighted by Crippen LogP contribution is 2.29. The number of halogens is 1. The number of aliphatic carboxylic acids is 1. The number of carboxylic acid groups (broad SMARTS) is 1. The Balaban J connectivity index is 2.10. The second kappa shape index (κ2) is 4.98. The van der Waals surface area contributed by atoms with E-state index in [-0.39, 0.29) is 11.0 Å². The summed E-state index contributed by atoms with van der Waals surface area (Å²) >= 11 is 5.85. The highest BCUT2D eigenvalue weighted by atomic mass is 79.9. The Morgan fingerprint density at radius 3 is 3.06 bits per heavy atom. The molecule has 2 rings (SSSR count). The first-order valence-corrected chi connectivity index (χ1v) is 6.73. The van der Waals surface area contributed by atoms with Crippen LogP contribution in [-0.2, 0) is 4.79 Å². The molecule has 2 aromatic heterocycles. The minimum atomic E-state index is -0.914. The van der Waals surface area contributed by atoms with Crippen LogP contribution < -0.4 is 0 Å². The molecule has 2 heterocycles. The van der Waals surface area contributed by atoms with Gasteiger partial charge in [0.1, 0.15) is 5.75 Å². The van der Waals surface area contributed by atoms with Crippen molar-refractivity contribution in [3.05, 3.63) is 15.2 Å². The Morgan fingerprint density at radius 1 is 1.62 bits per heavy atom. The Kier molecular flexibility index (Phi) is 3.62. The average molecular weight is 321 g/mol. The summed E-state index contributed by atoms with van der Waals surface area (Å²) in [5, 5.41) is 18.2. The number of thioether (sulfide) groups is 1. The standard InChI is InChI=1S/C8H5BrN2O3S2/c9-5-1-4(2-15-5)7-10-11-8(14-7)16-3-6(12)13/h1-2H,3H2,(H,12,13). The summed E-state index contributed by atoms with van der Waals surface area (Å²) < 4.78 is 6.27. The maximum atomic E-state index is 10.3. The molecule has 0 aliphatic rings. The highest BCUT2D eigenvalue weighted by molar-refractivity contribution is 9.11. The van der Waals surface area contributed by atoms with Gasteiger partial charge in [0.15, 0.2) is 0 Å². The second-order valence-electron chi connectivity index (χ2n) is 2.70. The van der Waals surface area contributed by atoms with Crippen molar-refractivity contribution >= 4 is 45.0 Å². The molecule has 0 spiro atoms. The maximum Gasteiger partial charge on any atom is 0.314 e. The van der Waals surface area contributed by atoms with Crippen molar-refractivity contribution in [3.63, 3.8) is 0 Å². The first-order chi connectivity index (χ1) is 7.65. The quantitative estimate of drug-likeness (QED) is 0.873. The van der Waals surface area contributed by atoms with Crippen LogP contribution in [0.1, 0.15) is 0 Å². The van der Waals surface area contributed by atoms with E-state index in [1.807, 2.05) is 11.4 Å². The molecular formula is C8H5BrN2O3S2. The van der Waals surface area contributed by atoms with E-state index in [2.05, 4.69) is 26.1 Å². The zero-order chi connectivity index (χ0) is 11.5. The van der Waals surface area contributed by atoms with Crippen LogP contribution in [0.15, 0.2) is 24.9 Å². The van der Waals surface area contributed by atoms with Crippen molar-refractivity contribution < 1.29 is 14.3 Å². The summed E-state index contributed by atoms with van der Waals surface area (Å²) in [6.45, 7) is 0. The lowest BCUT2D eigenvalue weighted by Gasteiger charge is -1.88. The fraction of sp³-hybridized carbons (Fsp3) is 0.125. The Hall–Kier alpha value is -0.860. The van der Waals surface area contributed by atoms with Gasteiger partial charge in [-0.1, -0.05) is 11.8 Å². The van der Waals surface area contributed by atoms with E-state index in [0.717, 1.165) is 21.1 Å². The molecule has 0 aromatic carbocycles. The summed E-state index contributed by atoms with van der Waals surface area (Å²) in [7, 11) is 0. The third-order valence-corrected chi connectivity index (χ3v) is 3.85. The fourth-order valence-electron chi connectivity index (χ4n) is 0.930. The minimum absolute atomic E-state index is 0.0883. The topological polar surface area (TPSA) is 76.2 Å². The maximum absolute atomic E-state index is 10.3. The van der Waals surface area contributed by atoms with Crippen LogP contribution in [0.3, 0.4) is 0 Å². The first-order valence-electron chi connectivity index (χ1n) is 4.07. The third-order valence-electron chi connectivity index (χ3n) is 1.54. The Morgan fingerprint density at radius 2 is 2.44 bits per heavy atom. The van der Waals surface area contributed by atoms with E-state index in [4.69, 9.17) is 9.52 Å². The molecule has 84 valence electrons. The molecule has 2 aromatic rings. The molecule has 0 saturated carbocycles. The zero-order valence-corrected chi connectivity index (χ0v) is 10.9. The van der Waals surface area contributed by atoms with Crippen LogP contribution in [-0.4, -0.2) is 27.0 Å². The predicted molar refractivity (Wildman–Crippen MR) is 63.7 cm³/mol. The predicted octanol–water partition coefficient (Wildman–Crippen LogP) is 2.74. The van der Waals surface area contributed by atoms with Gasteiger partial charge in [-0.2, -0.15) is 0 Å². The van der Waals surface area contributed by atoms with Crippen LogP contribution in [0.5, 0.6) is 0 Å². The van der Waals surface area contributed by atoms with Gasteiger partial charge < -0.3 is 9.52 Å². The van der Waals surface area contributed by atoms with Crippen molar-refractivity contribution in [1.29, 1.82) is 0 Å². The molecule has 0 saturated heterocycles. The van der Waals surface area contributed by atoms with E-state index in [1.165, 1.54) is 11.3 Å². The lowest BCUT2D eigenvalue weighted by atomic mass is 10.3. The monoisotopic (exact) mass is 320 g/mol. The third kappa shape index (κ3) is 2.83. The van der Waals surface area contributed by atoms with Gasteiger partial charge in [-0.25, -0.2) is 0 Å². The van der Waals surface area contributed by atoms with E-state index < -0.39 is 5.97 Å². The average Bonchev–Trinajstić information content (AvgIpc) is 2.83. The van der Waals surface area contributed by atoms with Crippen LogP contribution in [0.2, 0.25) is 0 Å². The van der Waals surface area contributed by atoms with Gasteiger partial charge in [0.05, 0.1) is 9.35 Å². The molecule has 16 heavy (non-hydrogen) atoms. The summed E-state index contributed by atoms with van der Waals surface area (Å²) in [4.78, 5) is 10.3. The van der Waals surface area contributed by atoms with E-state index >= 15 is 0 Å². The van der Waals surface area contributed by atoms with Crippen LogP contribution in [0, 0.1) is 0 Å². The van der Waals surface area contributed by atoms with E-state index in [0.29, 0.717) is 5.89 Å². The van der Waals surface area contributed by atoms with Crippen molar-refractivity contribution in [3.8, 4) is 11.5 Å². The number of carboxylic acids is 1. The summed E-state index contributed by atoms with van der Waals surface area (Å²) in [6.07, 6.45) is 0. The normalized spacial score (nSPS) is 10.6. The smallest absolute Gasteiger partial charge is 0.314 e. The van der Waals surface area contributed by atoms with E-state index in [9.17, 15) is 4.79 Å². The molecule has 1 N–H and O–H groups in total. The molecule has 0 amide bonds. The molecule has 5 nitrogen and oxygen atoms in total. The summed E-state index contributed by atoms with van der Waals surface area (Å²) in [6, 6.07) is 1.86. The van der Waals surface area contributed by atoms with Crippen molar-refractivity contribution in [2.75, 3.05) is 5.75 Å². The second-order valence-corrected chi connectivity index (χ2v) is 5.91. The molecule has 0 aliphatic heterocycles.